The lowest BCUT2D eigenvalue weighted by Crippen LogP contribution is -2.24. The molecular formula is C18H27N3O. The lowest BCUT2D eigenvalue weighted by Gasteiger charge is -2.21. The maximum Gasteiger partial charge on any atom is 0.178 e. The van der Waals surface area contributed by atoms with Gasteiger partial charge in [0.25, 0.3) is 0 Å². The number of pyridine rings is 1. The number of hydrogen-bond acceptors (Lipinski definition) is 3. The van der Waals surface area contributed by atoms with E-state index in [0.29, 0.717) is 0 Å². The third kappa shape index (κ3) is 3.32. The van der Waals surface area contributed by atoms with Crippen molar-refractivity contribution in [2.45, 2.75) is 77.2 Å². The molecule has 1 fully saturated rings. The molecule has 1 aliphatic carbocycles. The summed E-state index contributed by atoms with van der Waals surface area (Å²) < 4.78 is 0. The first-order valence-electron chi connectivity index (χ1n) is 8.67. The van der Waals surface area contributed by atoms with Crippen LogP contribution in [0.25, 0.3) is 11.2 Å². The second-order valence-corrected chi connectivity index (χ2v) is 6.85. The van der Waals surface area contributed by atoms with Crippen molar-refractivity contribution in [3.63, 3.8) is 0 Å². The van der Waals surface area contributed by atoms with E-state index >= 15 is 0 Å². The summed E-state index contributed by atoms with van der Waals surface area (Å²) in [7, 11) is 0. The van der Waals surface area contributed by atoms with Gasteiger partial charge in [-0.3, -0.25) is 0 Å². The summed E-state index contributed by atoms with van der Waals surface area (Å²) in [6.45, 7) is 4.30. The Morgan fingerprint density at radius 3 is 2.73 bits per heavy atom. The molecule has 2 N–H and O–H groups in total. The van der Waals surface area contributed by atoms with E-state index in [-0.39, 0.29) is 0 Å². The van der Waals surface area contributed by atoms with E-state index in [9.17, 15) is 5.11 Å². The van der Waals surface area contributed by atoms with Gasteiger partial charge >= 0.3 is 0 Å². The standard InChI is InChI=1S/C18H27N3O/c1-3-4-7-15-20-16-13(2)12-14(19-17(16)21-15)8-11-18(22)9-5-6-10-18/h12,22H,3-11H2,1-2H3,(H,19,20,21). The van der Waals surface area contributed by atoms with Crippen molar-refractivity contribution >= 4 is 11.2 Å². The summed E-state index contributed by atoms with van der Waals surface area (Å²) in [6, 6.07) is 2.14. The van der Waals surface area contributed by atoms with Gasteiger partial charge in [-0.2, -0.15) is 0 Å². The quantitative estimate of drug-likeness (QED) is 0.852. The predicted molar refractivity (Wildman–Crippen MR) is 89.0 cm³/mol. The minimum Gasteiger partial charge on any atom is -0.390 e. The van der Waals surface area contributed by atoms with Crippen LogP contribution in [0.3, 0.4) is 0 Å². The van der Waals surface area contributed by atoms with Crippen LogP contribution in [0.15, 0.2) is 6.07 Å². The lowest BCUT2D eigenvalue weighted by molar-refractivity contribution is 0.0389. The maximum atomic E-state index is 10.5. The molecule has 3 rings (SSSR count). The number of aliphatic hydroxyl groups is 1. The summed E-state index contributed by atoms with van der Waals surface area (Å²) in [5.74, 6) is 1.04. The van der Waals surface area contributed by atoms with Crippen LogP contribution in [0, 0.1) is 6.92 Å². The number of nitrogens with one attached hydrogen (secondary N) is 1. The zero-order valence-corrected chi connectivity index (χ0v) is 13.8. The topological polar surface area (TPSA) is 61.8 Å². The van der Waals surface area contributed by atoms with Gasteiger partial charge in [0.2, 0.25) is 0 Å². The molecule has 120 valence electrons. The van der Waals surface area contributed by atoms with Crippen molar-refractivity contribution in [2.75, 3.05) is 0 Å². The fourth-order valence-electron chi connectivity index (χ4n) is 3.49. The number of nitrogens with zero attached hydrogens (tertiary/aromatic N) is 2. The Bertz CT molecular complexity index is 641. The summed E-state index contributed by atoms with van der Waals surface area (Å²) in [5, 5.41) is 10.5. The number of imidazole rings is 1. The van der Waals surface area contributed by atoms with Crippen LogP contribution in [0.1, 0.15) is 69.0 Å². The molecule has 2 heterocycles. The van der Waals surface area contributed by atoms with Crippen LogP contribution in [-0.4, -0.2) is 25.7 Å². The number of aromatic amines is 1. The highest BCUT2D eigenvalue weighted by Crippen LogP contribution is 2.33. The van der Waals surface area contributed by atoms with Gasteiger partial charge in [0.15, 0.2) is 5.65 Å². The Morgan fingerprint density at radius 2 is 2.00 bits per heavy atom. The summed E-state index contributed by atoms with van der Waals surface area (Å²) in [5.41, 5.74) is 3.70. The molecule has 0 bridgehead atoms. The summed E-state index contributed by atoms with van der Waals surface area (Å²) in [6.07, 6.45) is 9.16. The number of hydrogen-bond donors (Lipinski definition) is 2. The van der Waals surface area contributed by atoms with Crippen molar-refractivity contribution in [3.8, 4) is 0 Å². The van der Waals surface area contributed by atoms with E-state index in [4.69, 9.17) is 4.98 Å². The fourth-order valence-corrected chi connectivity index (χ4v) is 3.49. The van der Waals surface area contributed by atoms with Crippen molar-refractivity contribution in [2.24, 2.45) is 0 Å². The Labute approximate surface area is 132 Å². The largest absolute Gasteiger partial charge is 0.390 e. The molecule has 1 saturated carbocycles. The zero-order chi connectivity index (χ0) is 15.6. The molecule has 0 unspecified atom stereocenters. The fraction of sp³-hybridized carbons (Fsp3) is 0.667. The van der Waals surface area contributed by atoms with Crippen LogP contribution in [0.5, 0.6) is 0 Å². The third-order valence-corrected chi connectivity index (χ3v) is 4.91. The van der Waals surface area contributed by atoms with Gasteiger partial charge in [-0.25, -0.2) is 9.97 Å². The van der Waals surface area contributed by atoms with Crippen molar-refractivity contribution < 1.29 is 5.11 Å². The highest BCUT2D eigenvalue weighted by atomic mass is 16.3. The number of aryl methyl sites for hydroxylation is 3. The number of aromatic nitrogens is 3. The molecule has 22 heavy (non-hydrogen) atoms. The molecule has 0 radical (unpaired) electrons. The molecule has 2 aromatic rings. The highest BCUT2D eigenvalue weighted by Gasteiger charge is 2.30. The van der Waals surface area contributed by atoms with Gasteiger partial charge in [-0.1, -0.05) is 26.2 Å². The van der Waals surface area contributed by atoms with Crippen molar-refractivity contribution in [1.82, 2.24) is 15.0 Å². The van der Waals surface area contributed by atoms with Crippen LogP contribution in [0.4, 0.5) is 0 Å². The third-order valence-electron chi connectivity index (χ3n) is 4.91. The van der Waals surface area contributed by atoms with Crippen LogP contribution >= 0.6 is 0 Å². The average Bonchev–Trinajstić information content (AvgIpc) is 3.10. The number of unbranched alkanes of at least 4 members (excludes halogenated alkanes) is 1. The van der Waals surface area contributed by atoms with Gasteiger partial charge in [-0.15, -0.1) is 0 Å². The second-order valence-electron chi connectivity index (χ2n) is 6.85. The van der Waals surface area contributed by atoms with Crippen molar-refractivity contribution in [1.29, 1.82) is 0 Å². The second kappa shape index (κ2) is 6.37. The number of H-pyrrole nitrogens is 1. The average molecular weight is 301 g/mol. The normalized spacial score (nSPS) is 17.4. The Hall–Kier alpha value is -1.42. The molecule has 4 nitrogen and oxygen atoms in total. The first-order valence-corrected chi connectivity index (χ1v) is 8.67. The van der Waals surface area contributed by atoms with Crippen LogP contribution in [0.2, 0.25) is 0 Å². The molecule has 0 saturated heterocycles. The van der Waals surface area contributed by atoms with Gasteiger partial charge in [0.05, 0.1) is 11.1 Å². The smallest absolute Gasteiger partial charge is 0.178 e. The first-order chi connectivity index (χ1) is 10.6. The van der Waals surface area contributed by atoms with Crippen LogP contribution < -0.4 is 0 Å². The predicted octanol–water partition coefficient (Wildman–Crippen LogP) is 3.85. The molecule has 0 spiro atoms. The Balaban J connectivity index is 1.76. The van der Waals surface area contributed by atoms with E-state index < -0.39 is 5.60 Å². The molecule has 1 aliphatic rings. The van der Waals surface area contributed by atoms with E-state index in [1.165, 1.54) is 12.0 Å². The van der Waals surface area contributed by atoms with E-state index in [2.05, 4.69) is 29.9 Å². The molecule has 0 amide bonds. The monoisotopic (exact) mass is 301 g/mol. The molecule has 2 aromatic heterocycles. The van der Waals surface area contributed by atoms with E-state index in [0.717, 1.165) is 74.0 Å². The Kier molecular flexibility index (Phi) is 4.48. The van der Waals surface area contributed by atoms with Gasteiger partial charge in [0, 0.05) is 12.1 Å². The maximum absolute atomic E-state index is 10.5. The minimum atomic E-state index is -0.456. The Morgan fingerprint density at radius 1 is 1.23 bits per heavy atom. The van der Waals surface area contributed by atoms with Gasteiger partial charge in [-0.05, 0) is 50.7 Å². The van der Waals surface area contributed by atoms with Crippen LogP contribution in [-0.2, 0) is 12.8 Å². The highest BCUT2D eigenvalue weighted by molar-refractivity contribution is 5.74. The minimum absolute atomic E-state index is 0.456. The first kappa shape index (κ1) is 15.5. The summed E-state index contributed by atoms with van der Waals surface area (Å²) in [4.78, 5) is 12.8. The van der Waals surface area contributed by atoms with Crippen molar-refractivity contribution in [3.05, 3.63) is 23.1 Å². The molecule has 0 aliphatic heterocycles. The van der Waals surface area contributed by atoms with Gasteiger partial charge in [0.1, 0.15) is 5.82 Å². The molecule has 0 aromatic carbocycles. The number of fused-ring (bicyclic) bond motifs is 1. The van der Waals surface area contributed by atoms with Gasteiger partial charge < -0.3 is 10.1 Å². The SMILES string of the molecule is CCCCc1nc2nc(CCC3(O)CCCC3)cc(C)c2[nH]1. The molecule has 4 heteroatoms. The lowest BCUT2D eigenvalue weighted by atomic mass is 9.95. The molecule has 0 atom stereocenters. The zero-order valence-electron chi connectivity index (χ0n) is 13.8. The number of rotatable bonds is 6. The van der Waals surface area contributed by atoms with E-state index in [1.54, 1.807) is 0 Å². The van der Waals surface area contributed by atoms with E-state index in [1.807, 2.05) is 0 Å². The molecular weight excluding hydrogens is 274 g/mol. The summed E-state index contributed by atoms with van der Waals surface area (Å²) >= 11 is 0.